The molecule has 1 amide bonds. The summed E-state index contributed by atoms with van der Waals surface area (Å²) >= 11 is 0. The number of aryl methyl sites for hydroxylation is 1. The highest BCUT2D eigenvalue weighted by molar-refractivity contribution is 6.05. The van der Waals surface area contributed by atoms with Crippen LogP contribution in [0.3, 0.4) is 0 Å². The lowest BCUT2D eigenvalue weighted by molar-refractivity contribution is -0.141. The normalized spacial score (nSPS) is 14.0. The second-order valence-corrected chi connectivity index (χ2v) is 7.82. The number of aliphatic hydroxyl groups excluding tert-OH is 1. The van der Waals surface area contributed by atoms with Gasteiger partial charge in [0.05, 0.1) is 17.8 Å². The van der Waals surface area contributed by atoms with Crippen LogP contribution in [0.25, 0.3) is 10.9 Å². The molecule has 0 spiro atoms. The number of nitrogens with zero attached hydrogens (tertiary/aromatic N) is 3. The number of anilines is 1. The Bertz CT molecular complexity index is 1110. The molecule has 1 saturated carbocycles. The van der Waals surface area contributed by atoms with E-state index in [2.05, 4.69) is 15.4 Å². The van der Waals surface area contributed by atoms with Crippen LogP contribution in [0.2, 0.25) is 0 Å². The van der Waals surface area contributed by atoms with E-state index in [0.717, 1.165) is 23.9 Å². The molecule has 4 rings (SSSR count). The highest BCUT2D eigenvalue weighted by Crippen LogP contribution is 2.34. The van der Waals surface area contributed by atoms with Crippen LogP contribution in [0.4, 0.5) is 18.9 Å². The zero-order chi connectivity index (χ0) is 22.7. The van der Waals surface area contributed by atoms with E-state index in [1.165, 1.54) is 18.9 Å². The van der Waals surface area contributed by atoms with Crippen molar-refractivity contribution < 1.29 is 27.8 Å². The molecule has 1 aliphatic carbocycles. The lowest BCUT2D eigenvalue weighted by Gasteiger charge is -2.13. The number of amides is 1. The fourth-order valence-corrected chi connectivity index (χ4v) is 3.32. The Morgan fingerprint density at radius 3 is 2.81 bits per heavy atom. The standard InChI is InChI=1S/C22H23F3N4O3/c23-22(24,25)20-4-1-3-16(26-20)21(31)27-18-11-15-13-29(8-2-9-30)28-17(15)12-19(18)32-10-7-14-5-6-14/h1,3-4,11-14,30H,2,5-10H2,(H,27,31). The summed E-state index contributed by atoms with van der Waals surface area (Å²) in [4.78, 5) is 16.1. The molecule has 32 heavy (non-hydrogen) atoms. The second-order valence-electron chi connectivity index (χ2n) is 7.82. The van der Waals surface area contributed by atoms with Crippen LogP contribution in [-0.2, 0) is 12.7 Å². The predicted molar refractivity (Wildman–Crippen MR) is 111 cm³/mol. The lowest BCUT2D eigenvalue weighted by Crippen LogP contribution is -2.17. The van der Waals surface area contributed by atoms with Gasteiger partial charge in [-0.25, -0.2) is 4.98 Å². The van der Waals surface area contributed by atoms with Crippen LogP contribution in [0.1, 0.15) is 41.9 Å². The number of ether oxygens (including phenoxy) is 1. The van der Waals surface area contributed by atoms with Crippen molar-refractivity contribution in [2.45, 2.75) is 38.4 Å². The monoisotopic (exact) mass is 448 g/mol. The van der Waals surface area contributed by atoms with Gasteiger partial charge in [0.25, 0.3) is 5.91 Å². The number of fused-ring (bicyclic) bond motifs is 1. The fourth-order valence-electron chi connectivity index (χ4n) is 3.32. The zero-order valence-corrected chi connectivity index (χ0v) is 17.2. The summed E-state index contributed by atoms with van der Waals surface area (Å²) < 4.78 is 46.5. The van der Waals surface area contributed by atoms with Gasteiger partial charge in [-0.2, -0.15) is 18.3 Å². The Morgan fingerprint density at radius 1 is 1.28 bits per heavy atom. The summed E-state index contributed by atoms with van der Waals surface area (Å²) in [6.45, 7) is 1.03. The van der Waals surface area contributed by atoms with Crippen LogP contribution >= 0.6 is 0 Å². The molecule has 10 heteroatoms. The van der Waals surface area contributed by atoms with Crippen LogP contribution in [0.15, 0.2) is 36.5 Å². The van der Waals surface area contributed by atoms with Crippen molar-refractivity contribution in [1.29, 1.82) is 0 Å². The van der Waals surface area contributed by atoms with E-state index in [0.29, 0.717) is 42.4 Å². The lowest BCUT2D eigenvalue weighted by atomic mass is 10.2. The molecule has 0 unspecified atom stereocenters. The van der Waals surface area contributed by atoms with Crippen molar-refractivity contribution in [2.75, 3.05) is 18.5 Å². The maximum atomic E-state index is 13.0. The molecular formula is C22H23F3N4O3. The Morgan fingerprint density at radius 2 is 2.09 bits per heavy atom. The van der Waals surface area contributed by atoms with E-state index >= 15 is 0 Å². The minimum atomic E-state index is -4.64. The van der Waals surface area contributed by atoms with E-state index in [-0.39, 0.29) is 12.3 Å². The molecule has 1 fully saturated rings. The minimum Gasteiger partial charge on any atom is -0.491 e. The molecule has 0 aliphatic heterocycles. The van der Waals surface area contributed by atoms with Crippen molar-refractivity contribution >= 4 is 22.5 Å². The van der Waals surface area contributed by atoms with E-state index in [1.54, 1.807) is 23.0 Å². The number of benzene rings is 1. The van der Waals surface area contributed by atoms with Gasteiger partial charge in [0.1, 0.15) is 17.1 Å². The zero-order valence-electron chi connectivity index (χ0n) is 17.2. The second kappa shape index (κ2) is 9.15. The van der Waals surface area contributed by atoms with Crippen molar-refractivity contribution in [1.82, 2.24) is 14.8 Å². The molecule has 3 aromatic rings. The van der Waals surface area contributed by atoms with Crippen molar-refractivity contribution in [3.05, 3.63) is 47.9 Å². The highest BCUT2D eigenvalue weighted by atomic mass is 19.4. The molecule has 170 valence electrons. The molecule has 1 aliphatic rings. The van der Waals surface area contributed by atoms with Gasteiger partial charge in [0.15, 0.2) is 0 Å². The molecule has 0 radical (unpaired) electrons. The number of alkyl halides is 3. The molecule has 2 heterocycles. The van der Waals surface area contributed by atoms with Crippen molar-refractivity contribution in [3.63, 3.8) is 0 Å². The van der Waals surface area contributed by atoms with Crippen molar-refractivity contribution in [2.24, 2.45) is 5.92 Å². The number of nitrogens with one attached hydrogen (secondary N) is 1. The molecule has 7 nitrogen and oxygen atoms in total. The number of halogens is 3. The maximum Gasteiger partial charge on any atom is 0.433 e. The van der Waals surface area contributed by atoms with Gasteiger partial charge in [0, 0.05) is 30.8 Å². The number of pyridine rings is 1. The number of carbonyl (C=O) groups excluding carboxylic acids is 1. The molecule has 2 aromatic heterocycles. The summed E-state index contributed by atoms with van der Waals surface area (Å²) in [6.07, 6.45) is 0.937. The molecule has 2 N–H and O–H groups in total. The third-order valence-corrected chi connectivity index (χ3v) is 5.20. The topological polar surface area (TPSA) is 89.3 Å². The smallest absolute Gasteiger partial charge is 0.433 e. The minimum absolute atomic E-state index is 0.0387. The first-order valence-electron chi connectivity index (χ1n) is 10.4. The third-order valence-electron chi connectivity index (χ3n) is 5.20. The first kappa shape index (κ1) is 22.1. The van der Waals surface area contributed by atoms with Crippen LogP contribution in [-0.4, -0.2) is 39.0 Å². The number of rotatable bonds is 9. The van der Waals surface area contributed by atoms with Crippen LogP contribution in [0, 0.1) is 5.92 Å². The molecule has 0 bridgehead atoms. The Labute approximate surface area is 182 Å². The van der Waals surface area contributed by atoms with Gasteiger partial charge in [-0.15, -0.1) is 0 Å². The van der Waals surface area contributed by atoms with Gasteiger partial charge < -0.3 is 15.2 Å². The average molecular weight is 448 g/mol. The average Bonchev–Trinajstić information content (AvgIpc) is 3.50. The van der Waals surface area contributed by atoms with E-state index in [1.807, 2.05) is 0 Å². The van der Waals surface area contributed by atoms with Gasteiger partial charge in [-0.05, 0) is 37.0 Å². The number of hydrogen-bond donors (Lipinski definition) is 2. The van der Waals surface area contributed by atoms with E-state index in [9.17, 15) is 18.0 Å². The quantitative estimate of drug-likeness (QED) is 0.511. The third kappa shape index (κ3) is 5.37. The number of carbonyl (C=O) groups is 1. The molecule has 1 aromatic carbocycles. The molecule has 0 saturated heterocycles. The van der Waals surface area contributed by atoms with Crippen molar-refractivity contribution in [3.8, 4) is 5.75 Å². The van der Waals surface area contributed by atoms with Gasteiger partial charge >= 0.3 is 6.18 Å². The first-order valence-corrected chi connectivity index (χ1v) is 10.4. The Hall–Kier alpha value is -3.14. The van der Waals surface area contributed by atoms with E-state index < -0.39 is 17.8 Å². The van der Waals surface area contributed by atoms with Crippen LogP contribution < -0.4 is 10.1 Å². The summed E-state index contributed by atoms with van der Waals surface area (Å²) in [5.74, 6) is 0.282. The number of hydrogen-bond acceptors (Lipinski definition) is 5. The summed E-state index contributed by atoms with van der Waals surface area (Å²) in [6, 6.07) is 6.56. The summed E-state index contributed by atoms with van der Waals surface area (Å²) in [5.41, 5.74) is -0.493. The largest absolute Gasteiger partial charge is 0.491 e. The molecule has 0 atom stereocenters. The SMILES string of the molecule is O=C(Nc1cc2cn(CCCO)nc2cc1OCCC1CC1)c1cccc(C(F)(F)F)n1. The Balaban J connectivity index is 1.60. The first-order chi connectivity index (χ1) is 15.3. The number of aromatic nitrogens is 3. The van der Waals surface area contributed by atoms with Gasteiger partial charge in [-0.1, -0.05) is 18.9 Å². The number of aliphatic hydroxyl groups is 1. The predicted octanol–water partition coefficient (Wildman–Crippen LogP) is 4.26. The maximum absolute atomic E-state index is 13.0. The highest BCUT2D eigenvalue weighted by Gasteiger charge is 2.33. The summed E-state index contributed by atoms with van der Waals surface area (Å²) in [7, 11) is 0. The van der Waals surface area contributed by atoms with Gasteiger partial charge in [-0.3, -0.25) is 9.48 Å². The van der Waals surface area contributed by atoms with E-state index in [4.69, 9.17) is 9.84 Å². The fraction of sp³-hybridized carbons (Fsp3) is 0.409. The van der Waals surface area contributed by atoms with Gasteiger partial charge in [0.2, 0.25) is 0 Å². The molecular weight excluding hydrogens is 425 g/mol. The summed E-state index contributed by atoms with van der Waals surface area (Å²) in [5, 5.41) is 16.8. The van der Waals surface area contributed by atoms with Crippen LogP contribution in [0.5, 0.6) is 5.75 Å². The Kier molecular flexibility index (Phi) is 6.31.